The number of hydrogen-bond acceptors (Lipinski definition) is 3. The van der Waals surface area contributed by atoms with E-state index in [1.54, 1.807) is 0 Å². The average Bonchev–Trinajstić information content (AvgIpc) is 2.15. The molecular formula is C12H27NOS. The van der Waals surface area contributed by atoms with Crippen LogP contribution < -0.4 is 5.32 Å². The summed E-state index contributed by atoms with van der Waals surface area (Å²) < 4.78 is 0. The van der Waals surface area contributed by atoms with Gasteiger partial charge in [0.25, 0.3) is 0 Å². The molecular weight excluding hydrogens is 206 g/mol. The van der Waals surface area contributed by atoms with Crippen LogP contribution in [0.4, 0.5) is 0 Å². The highest BCUT2D eigenvalue weighted by molar-refractivity contribution is 7.99. The zero-order chi connectivity index (χ0) is 11.8. The molecule has 0 aliphatic heterocycles. The first kappa shape index (κ1) is 15.3. The van der Waals surface area contributed by atoms with E-state index in [4.69, 9.17) is 0 Å². The highest BCUT2D eigenvalue weighted by atomic mass is 32.2. The highest BCUT2D eigenvalue weighted by Gasteiger charge is 2.11. The van der Waals surface area contributed by atoms with Gasteiger partial charge in [0, 0.05) is 17.3 Å². The number of rotatable bonds is 8. The van der Waals surface area contributed by atoms with Crippen LogP contribution in [-0.4, -0.2) is 34.8 Å². The minimum atomic E-state index is 0.245. The molecule has 0 radical (unpaired) electrons. The van der Waals surface area contributed by atoms with Crippen LogP contribution in [0.2, 0.25) is 0 Å². The fourth-order valence-electron chi connectivity index (χ4n) is 1.29. The van der Waals surface area contributed by atoms with Crippen molar-refractivity contribution >= 4 is 11.8 Å². The smallest absolute Gasteiger partial charge is 0.0585 e. The van der Waals surface area contributed by atoms with Gasteiger partial charge in [-0.25, -0.2) is 0 Å². The fraction of sp³-hybridized carbons (Fsp3) is 1.00. The second-order valence-corrected chi connectivity index (χ2v) is 6.29. The van der Waals surface area contributed by atoms with E-state index >= 15 is 0 Å². The molecule has 92 valence electrons. The molecule has 2 N–H and O–H groups in total. The van der Waals surface area contributed by atoms with E-state index in [9.17, 15) is 5.11 Å². The van der Waals surface area contributed by atoms with E-state index in [1.807, 2.05) is 11.8 Å². The number of aliphatic hydroxyl groups excluding tert-OH is 1. The molecule has 0 aromatic carbocycles. The van der Waals surface area contributed by atoms with Crippen molar-refractivity contribution < 1.29 is 5.11 Å². The second-order valence-electron chi connectivity index (χ2n) is 4.81. The Kier molecular flexibility index (Phi) is 8.58. The van der Waals surface area contributed by atoms with Gasteiger partial charge >= 0.3 is 0 Å². The van der Waals surface area contributed by atoms with E-state index in [0.29, 0.717) is 11.3 Å². The molecule has 0 aromatic rings. The molecule has 2 atom stereocenters. The quantitative estimate of drug-likeness (QED) is 0.676. The van der Waals surface area contributed by atoms with Crippen LogP contribution in [0.1, 0.15) is 41.0 Å². The van der Waals surface area contributed by atoms with Gasteiger partial charge in [0.15, 0.2) is 0 Å². The summed E-state index contributed by atoms with van der Waals surface area (Å²) >= 11 is 2.00. The van der Waals surface area contributed by atoms with Crippen LogP contribution in [0, 0.1) is 5.92 Å². The van der Waals surface area contributed by atoms with Crippen LogP contribution in [0.3, 0.4) is 0 Å². The first-order valence-corrected chi connectivity index (χ1v) is 7.00. The zero-order valence-corrected chi connectivity index (χ0v) is 11.6. The van der Waals surface area contributed by atoms with Crippen LogP contribution in [-0.2, 0) is 0 Å². The zero-order valence-electron chi connectivity index (χ0n) is 10.8. The van der Waals surface area contributed by atoms with Gasteiger partial charge in [-0.2, -0.15) is 11.8 Å². The number of nitrogens with one attached hydrogen (secondary N) is 1. The third-order valence-electron chi connectivity index (χ3n) is 2.58. The van der Waals surface area contributed by atoms with E-state index in [2.05, 4.69) is 39.9 Å². The highest BCUT2D eigenvalue weighted by Crippen LogP contribution is 2.19. The first-order valence-electron chi connectivity index (χ1n) is 5.95. The topological polar surface area (TPSA) is 32.3 Å². The summed E-state index contributed by atoms with van der Waals surface area (Å²) in [7, 11) is 0. The maximum atomic E-state index is 9.18. The Balaban J connectivity index is 3.63. The molecule has 0 heterocycles. The molecule has 0 aliphatic carbocycles. The van der Waals surface area contributed by atoms with Gasteiger partial charge in [-0.15, -0.1) is 0 Å². The summed E-state index contributed by atoms with van der Waals surface area (Å²) in [5.74, 6) is 1.87. The fourth-order valence-corrected chi connectivity index (χ4v) is 2.46. The lowest BCUT2D eigenvalue weighted by molar-refractivity contribution is 0.232. The third kappa shape index (κ3) is 8.12. The molecule has 0 spiro atoms. The summed E-state index contributed by atoms with van der Waals surface area (Å²) in [6.45, 7) is 11.3. The Labute approximate surface area is 99.2 Å². The normalized spacial score (nSPS) is 16.0. The van der Waals surface area contributed by atoms with Crippen molar-refractivity contribution in [2.75, 3.05) is 12.4 Å². The van der Waals surface area contributed by atoms with Crippen molar-refractivity contribution in [3.8, 4) is 0 Å². The predicted octanol–water partition coefficient (Wildman–Crippen LogP) is 2.51. The van der Waals surface area contributed by atoms with Gasteiger partial charge in [-0.05, 0) is 18.1 Å². The summed E-state index contributed by atoms with van der Waals surface area (Å²) in [5, 5.41) is 13.3. The maximum absolute atomic E-state index is 9.18. The lowest BCUT2D eigenvalue weighted by Gasteiger charge is -2.20. The Morgan fingerprint density at radius 3 is 2.13 bits per heavy atom. The van der Waals surface area contributed by atoms with Crippen LogP contribution in [0.15, 0.2) is 0 Å². The van der Waals surface area contributed by atoms with E-state index in [0.717, 1.165) is 18.1 Å². The van der Waals surface area contributed by atoms with E-state index in [-0.39, 0.29) is 12.6 Å². The number of hydrogen-bond donors (Lipinski definition) is 2. The largest absolute Gasteiger partial charge is 0.395 e. The summed E-state index contributed by atoms with van der Waals surface area (Å²) in [6.07, 6.45) is 1.05. The van der Waals surface area contributed by atoms with Crippen molar-refractivity contribution in [1.82, 2.24) is 5.32 Å². The number of thioether (sulfide) groups is 1. The lowest BCUT2D eigenvalue weighted by Crippen LogP contribution is -2.37. The van der Waals surface area contributed by atoms with Crippen LogP contribution in [0.5, 0.6) is 0 Å². The molecule has 0 amide bonds. The SMILES string of the molecule is CC(C)NC(CO)CCSC(C)C(C)C. The van der Waals surface area contributed by atoms with E-state index in [1.165, 1.54) is 0 Å². The van der Waals surface area contributed by atoms with Crippen molar-refractivity contribution in [1.29, 1.82) is 0 Å². The monoisotopic (exact) mass is 233 g/mol. The Bertz CT molecular complexity index is 151. The summed E-state index contributed by atoms with van der Waals surface area (Å²) in [4.78, 5) is 0. The van der Waals surface area contributed by atoms with Gasteiger partial charge in [-0.1, -0.05) is 34.6 Å². The molecule has 0 saturated carbocycles. The average molecular weight is 233 g/mol. The Morgan fingerprint density at radius 2 is 1.73 bits per heavy atom. The molecule has 0 bridgehead atoms. The second kappa shape index (κ2) is 8.43. The van der Waals surface area contributed by atoms with Gasteiger partial charge in [0.1, 0.15) is 0 Å². The Hall–Kier alpha value is 0.270. The minimum absolute atomic E-state index is 0.245. The maximum Gasteiger partial charge on any atom is 0.0585 e. The van der Waals surface area contributed by atoms with Crippen LogP contribution >= 0.6 is 11.8 Å². The van der Waals surface area contributed by atoms with Crippen molar-refractivity contribution in [2.45, 2.75) is 58.4 Å². The molecule has 2 nitrogen and oxygen atoms in total. The molecule has 0 fully saturated rings. The summed E-state index contributed by atoms with van der Waals surface area (Å²) in [6, 6.07) is 0.714. The minimum Gasteiger partial charge on any atom is -0.395 e. The molecule has 3 heteroatoms. The van der Waals surface area contributed by atoms with Gasteiger partial charge in [0.05, 0.1) is 6.61 Å². The predicted molar refractivity (Wildman–Crippen MR) is 70.5 cm³/mol. The van der Waals surface area contributed by atoms with Gasteiger partial charge in [0.2, 0.25) is 0 Å². The molecule has 0 aliphatic rings. The van der Waals surface area contributed by atoms with Gasteiger partial charge < -0.3 is 10.4 Å². The molecule has 0 aromatic heterocycles. The standard InChI is InChI=1S/C12H27NOS/c1-9(2)11(5)15-7-6-12(8-14)13-10(3)4/h9-14H,6-8H2,1-5H3. The summed E-state index contributed by atoms with van der Waals surface area (Å²) in [5.41, 5.74) is 0. The van der Waals surface area contributed by atoms with Crippen molar-refractivity contribution in [3.63, 3.8) is 0 Å². The third-order valence-corrected chi connectivity index (χ3v) is 4.12. The lowest BCUT2D eigenvalue weighted by atomic mass is 10.2. The van der Waals surface area contributed by atoms with Crippen LogP contribution in [0.25, 0.3) is 0 Å². The molecule has 2 unspecified atom stereocenters. The number of aliphatic hydroxyl groups is 1. The van der Waals surface area contributed by atoms with Crippen molar-refractivity contribution in [2.24, 2.45) is 5.92 Å². The molecule has 0 saturated heterocycles. The van der Waals surface area contributed by atoms with Gasteiger partial charge in [-0.3, -0.25) is 0 Å². The molecule has 15 heavy (non-hydrogen) atoms. The van der Waals surface area contributed by atoms with E-state index < -0.39 is 0 Å². The van der Waals surface area contributed by atoms with Crippen molar-refractivity contribution in [3.05, 3.63) is 0 Å². The first-order chi connectivity index (χ1) is 6.97. The molecule has 0 rings (SSSR count). The Morgan fingerprint density at radius 1 is 1.13 bits per heavy atom.